The Kier molecular flexibility index (Phi) is 28.1. The first-order valence-corrected chi connectivity index (χ1v) is 44.8. The molecule has 0 fully saturated rings. The minimum atomic E-state index is -4.51. The van der Waals surface area contributed by atoms with Crippen molar-refractivity contribution in [3.8, 4) is 5.69 Å². The minimum Gasteiger partial charge on any atom is -0.748 e. The maximum Gasteiger partial charge on any atom is 0.294 e. The van der Waals surface area contributed by atoms with Crippen molar-refractivity contribution in [1.82, 2.24) is 15.1 Å². The Hall–Kier alpha value is -8.18. The molecule has 2 aliphatic carbocycles. The van der Waals surface area contributed by atoms with Crippen molar-refractivity contribution in [2.75, 3.05) is 114 Å². The average molecular weight is 1650 g/mol. The number of fused-ring (bicyclic) bond motifs is 7. The van der Waals surface area contributed by atoms with E-state index in [1.165, 1.54) is 24.3 Å². The number of carbonyl (C=O) groups excluding carboxylic acids is 2. The lowest BCUT2D eigenvalue weighted by Crippen LogP contribution is -2.28. The number of hydrogen-bond acceptors (Lipinski definition) is 20. The average Bonchev–Trinajstić information content (AvgIpc) is 1.57. The van der Waals surface area contributed by atoms with Crippen LogP contribution in [-0.2, 0) is 88.0 Å². The first-order valence-electron chi connectivity index (χ1n) is 38.7. The number of primary amides is 1. The zero-order chi connectivity index (χ0) is 82.0. The smallest absolute Gasteiger partial charge is 0.294 e. The summed E-state index contributed by atoms with van der Waals surface area (Å²) in [5, 5.41) is 14.4. The summed E-state index contributed by atoms with van der Waals surface area (Å²) in [6.45, 7) is 21.3. The van der Waals surface area contributed by atoms with Gasteiger partial charge in [0.15, 0.2) is 11.5 Å². The number of amides is 1. The molecular formula is C84H105N7O19S4. The van der Waals surface area contributed by atoms with E-state index < -0.39 is 68.7 Å². The topological polar surface area (TPSA) is 375 Å². The second-order valence-corrected chi connectivity index (χ2v) is 37.2. The fourth-order valence-electron chi connectivity index (χ4n) is 16.1. The van der Waals surface area contributed by atoms with Gasteiger partial charge in [0.05, 0.1) is 112 Å². The number of unbranched alkanes of at least 4 members (excludes halogenated alkanes) is 2. The zero-order valence-electron chi connectivity index (χ0n) is 65.8. The van der Waals surface area contributed by atoms with Crippen LogP contribution in [0, 0.1) is 12.3 Å². The molecule has 11 rings (SSSR count). The molecule has 0 atom stereocenters. The predicted octanol–water partition coefficient (Wildman–Crippen LogP) is 12.5. The van der Waals surface area contributed by atoms with E-state index in [4.69, 9.17) is 34.5 Å². The largest absolute Gasteiger partial charge is 0.748 e. The normalized spacial score (nSPS) is 17.0. The summed E-state index contributed by atoms with van der Waals surface area (Å²) in [6.07, 6.45) is 14.4. The molecule has 0 saturated heterocycles. The molecule has 3 heterocycles. The van der Waals surface area contributed by atoms with E-state index in [1.54, 1.807) is 36.4 Å². The third-order valence-corrected chi connectivity index (χ3v) is 24.7. The number of aryl methyl sites for hydroxylation is 1. The van der Waals surface area contributed by atoms with E-state index in [2.05, 4.69) is 110 Å². The van der Waals surface area contributed by atoms with Crippen molar-refractivity contribution in [2.45, 2.75) is 146 Å². The molecule has 2 aliphatic heterocycles. The zero-order valence-corrected chi connectivity index (χ0v) is 69.1. The van der Waals surface area contributed by atoms with Crippen LogP contribution in [-0.4, -0.2) is 187 Å². The molecule has 0 radical (unpaired) electrons. The number of carbonyl (C=O) groups is 2. The van der Waals surface area contributed by atoms with Gasteiger partial charge in [-0.25, -0.2) is 13.1 Å². The summed E-state index contributed by atoms with van der Waals surface area (Å²) in [5.74, 6) is -1.38. The highest BCUT2D eigenvalue weighted by molar-refractivity contribution is 7.86. The van der Waals surface area contributed by atoms with E-state index in [0.717, 1.165) is 96.8 Å². The number of benzene rings is 6. The molecule has 6 aromatic carbocycles. The van der Waals surface area contributed by atoms with E-state index in [9.17, 15) is 61.5 Å². The number of nitrogens with one attached hydrogen (secondary N) is 2. The van der Waals surface area contributed by atoms with Gasteiger partial charge in [0.25, 0.3) is 36.3 Å². The number of nitrogens with two attached hydrogens (primary N) is 1. The Morgan fingerprint density at radius 3 is 1.84 bits per heavy atom. The molecule has 1 aromatic heterocycles. The van der Waals surface area contributed by atoms with Crippen molar-refractivity contribution in [1.29, 1.82) is 0 Å². The second kappa shape index (κ2) is 37.0. The lowest BCUT2D eigenvalue weighted by molar-refractivity contribution is -0.438. The van der Waals surface area contributed by atoms with Crippen LogP contribution in [0.5, 0.6) is 0 Å². The van der Waals surface area contributed by atoms with Gasteiger partial charge in [0, 0.05) is 91.6 Å². The number of Topliss-reactive ketones (excluding diaryl/α,β-unsaturated/α-hetero) is 1. The van der Waals surface area contributed by atoms with E-state index in [-0.39, 0.29) is 33.8 Å². The molecular weight excluding hydrogens is 1540 g/mol. The van der Waals surface area contributed by atoms with Gasteiger partial charge in [-0.1, -0.05) is 82.3 Å². The van der Waals surface area contributed by atoms with Gasteiger partial charge in [0.1, 0.15) is 6.54 Å². The second-order valence-electron chi connectivity index (χ2n) is 31.3. The quantitative estimate of drug-likeness (QED) is 0.0118. The highest BCUT2D eigenvalue weighted by atomic mass is 32.2. The molecule has 0 bridgehead atoms. The number of anilines is 2. The van der Waals surface area contributed by atoms with Crippen molar-refractivity contribution < 1.29 is 89.7 Å². The van der Waals surface area contributed by atoms with Gasteiger partial charge >= 0.3 is 0 Å². The minimum absolute atomic E-state index is 0.0940. The molecule has 4 aliphatic rings. The van der Waals surface area contributed by atoms with Crippen LogP contribution in [0.4, 0.5) is 17.1 Å². The standard InChI is InChI=1S/C84H105N7O19S4/c1-57-77-73(54-82(2,3)55-74(77)92)91(88-57)64-25-28-69(81(85)93)70(53-64)87-36-14-40-107-42-44-109-46-48-110-47-45-108-43-41-106-39-13-35-86-56-58-17-19-61(20-18-58)78-59(23-33-75-83(4,5)79-67-29-26-65(113(100,101)102)51-62(67)21-31-71(79)89(75)37-8-10-49-111(94,95)96)15-12-16-60(78)24-34-76-84(6,7)80-68-30-27-66(114(103,104)105)52-63(68)22-32-72(80)90(76)38-9-11-50-112(97,98)99/h17-34,51-53,86H,8-16,35-50,54-56H2,1-7H3,(H6-,85,87,93,94,95,96,97,98,99,100,101,102,103,104,105). The highest BCUT2D eigenvalue weighted by Crippen LogP contribution is 2.52. The van der Waals surface area contributed by atoms with E-state index in [1.807, 2.05) is 29.8 Å². The van der Waals surface area contributed by atoms with Crippen molar-refractivity contribution >= 4 is 102 Å². The molecule has 7 aromatic rings. The van der Waals surface area contributed by atoms with Crippen molar-refractivity contribution in [3.05, 3.63) is 189 Å². The Morgan fingerprint density at radius 1 is 0.640 bits per heavy atom. The van der Waals surface area contributed by atoms with Gasteiger partial charge < -0.3 is 49.5 Å². The molecule has 7 N–H and O–H groups in total. The summed E-state index contributed by atoms with van der Waals surface area (Å²) in [4.78, 5) is 27.0. The van der Waals surface area contributed by atoms with Crippen LogP contribution in [0.25, 0.3) is 32.8 Å². The lowest BCUT2D eigenvalue weighted by Gasteiger charge is -2.29. The van der Waals surface area contributed by atoms with Crippen LogP contribution in [0.2, 0.25) is 0 Å². The fraction of sp³-hybridized carbons (Fsp3) is 0.452. The van der Waals surface area contributed by atoms with E-state index in [0.29, 0.717) is 177 Å². The molecule has 114 heavy (non-hydrogen) atoms. The van der Waals surface area contributed by atoms with E-state index >= 15 is 0 Å². The van der Waals surface area contributed by atoms with Gasteiger partial charge in [-0.15, -0.1) is 0 Å². The summed E-state index contributed by atoms with van der Waals surface area (Å²) < 4.78 is 171. The summed E-state index contributed by atoms with van der Waals surface area (Å²) >= 11 is 0. The Morgan fingerprint density at radius 2 is 1.24 bits per heavy atom. The lowest BCUT2D eigenvalue weighted by atomic mass is 9.75. The van der Waals surface area contributed by atoms with Crippen molar-refractivity contribution in [2.24, 2.45) is 11.1 Å². The molecule has 26 nitrogen and oxygen atoms in total. The summed E-state index contributed by atoms with van der Waals surface area (Å²) in [7, 11) is -17.7. The third-order valence-electron chi connectivity index (χ3n) is 21.4. The number of allylic oxidation sites excluding steroid dienone is 8. The van der Waals surface area contributed by atoms with Crippen LogP contribution in [0.1, 0.15) is 160 Å². The van der Waals surface area contributed by atoms with Crippen LogP contribution in [0.15, 0.2) is 154 Å². The predicted molar refractivity (Wildman–Crippen MR) is 439 cm³/mol. The van der Waals surface area contributed by atoms with Crippen molar-refractivity contribution in [3.63, 3.8) is 0 Å². The maximum absolute atomic E-state index is 13.0. The van der Waals surface area contributed by atoms with Gasteiger partial charge in [-0.3, -0.25) is 23.2 Å². The first kappa shape index (κ1) is 86.7. The number of rotatable bonds is 41. The monoisotopic (exact) mass is 1640 g/mol. The first-order chi connectivity index (χ1) is 54.0. The Labute approximate surface area is 668 Å². The van der Waals surface area contributed by atoms with Crippen LogP contribution in [0.3, 0.4) is 0 Å². The number of ether oxygens (including phenoxy) is 5. The highest BCUT2D eigenvalue weighted by Gasteiger charge is 2.46. The third kappa shape index (κ3) is 21.5. The van der Waals surface area contributed by atoms with Gasteiger partial charge in [-0.05, 0) is 206 Å². The number of hydrogen-bond donors (Lipinski definition) is 6. The molecule has 30 heteroatoms. The molecule has 0 unspecified atom stereocenters. The van der Waals surface area contributed by atoms with Gasteiger partial charge in [0.2, 0.25) is 5.69 Å². The Balaban J connectivity index is 0.690. The summed E-state index contributed by atoms with van der Waals surface area (Å²) in [5.41, 5.74) is 18.5. The van der Waals surface area contributed by atoms with Crippen LogP contribution < -0.4 is 21.3 Å². The summed E-state index contributed by atoms with van der Waals surface area (Å²) in [6, 6.07) is 30.3. The van der Waals surface area contributed by atoms with Crippen LogP contribution >= 0.6 is 0 Å². The fourth-order valence-corrected chi connectivity index (χ4v) is 18.3. The number of ketones is 1. The number of aromatic nitrogens is 2. The molecule has 1 amide bonds. The number of nitrogens with zero attached hydrogens (tertiary/aromatic N) is 4. The Bertz CT molecular complexity index is 5390. The SMILES string of the molecule is Cc1nn(-c2ccc(C(N)=O)c(NCCCOCCOCCOCCOCCOCCCNCc3ccc(C4=C(/C=C/C5=[N+](CCCCS(=O)(=O)[O-])c6ccc7cc(S(=O)(=O)O)ccc7c6C5(C)C)CCC/C4=C\C=C4/N(CCCCS(=O)(=O)O)c5ccc6cc(S(=O)(=O)O)ccc6c5C4(C)C)cc3)c2)c2c1C(=O)CC(C)(C)C2. The molecule has 614 valence electrons. The van der Waals surface area contributed by atoms with Gasteiger partial charge in [-0.2, -0.15) is 34.9 Å². The molecule has 0 saturated carbocycles. The maximum atomic E-state index is 13.0. The molecule has 0 spiro atoms.